The van der Waals surface area contributed by atoms with Crippen molar-refractivity contribution in [2.24, 2.45) is 0 Å². The smallest absolute Gasteiger partial charge is 0.453 e. The first kappa shape index (κ1) is 31.2. The molecule has 0 aliphatic rings. The van der Waals surface area contributed by atoms with Gasteiger partial charge in [-0.15, -0.1) is 0 Å². The lowest BCUT2D eigenvalue weighted by molar-refractivity contribution is 0.396. The fraction of sp³-hybridized carbons (Fsp3) is 0.0526. The summed E-state index contributed by atoms with van der Waals surface area (Å²) in [6.45, 7) is 0. The molecule has 0 radical (unpaired) electrons. The quantitative estimate of drug-likeness (QED) is 0.165. The van der Waals surface area contributed by atoms with E-state index in [4.69, 9.17) is 35.3 Å². The van der Waals surface area contributed by atoms with Crippen molar-refractivity contribution in [1.29, 1.82) is 0 Å². The minimum atomic E-state index is -2.17. The van der Waals surface area contributed by atoms with Crippen LogP contribution in [0.3, 0.4) is 0 Å². The average Bonchev–Trinajstić information content (AvgIpc) is 3.40. The Hall–Kier alpha value is -6.08. The third-order valence-electron chi connectivity index (χ3n) is 8.00. The molecule has 0 bridgehead atoms. The molecule has 250 valence electrons. The third kappa shape index (κ3) is 5.81. The Morgan fingerprint density at radius 2 is 0.740 bits per heavy atom. The van der Waals surface area contributed by atoms with Gasteiger partial charge in [-0.05, 0) is 36.4 Å². The van der Waals surface area contributed by atoms with Crippen molar-refractivity contribution in [2.45, 2.75) is 0 Å². The van der Waals surface area contributed by atoms with E-state index >= 15 is 0 Å². The maximum Gasteiger partial charge on any atom is 0.453 e. The summed E-state index contributed by atoms with van der Waals surface area (Å²) >= 11 is 0. The topological polar surface area (TPSA) is 130 Å². The minimum Gasteiger partial charge on any atom is -0.504 e. The molecule has 8 aromatic rings. The molecule has 2 heterocycles. The number of methoxy groups -OCH3 is 2. The Kier molecular flexibility index (Phi) is 8.17. The monoisotopic (exact) mass is 706 g/mol. The Morgan fingerprint density at radius 3 is 1.04 bits per heavy atom. The molecule has 2 aromatic heterocycles. The predicted octanol–water partition coefficient (Wildman–Crippen LogP) is 11.7. The van der Waals surface area contributed by atoms with Gasteiger partial charge in [-0.1, -0.05) is 72.8 Å². The summed E-state index contributed by atoms with van der Waals surface area (Å²) in [6.07, 6.45) is 0. The molecule has 12 heteroatoms. The molecule has 0 aliphatic carbocycles. The maximum absolute atomic E-state index is 11.4. The third-order valence-corrected chi connectivity index (χ3v) is 10.0. The van der Waals surface area contributed by atoms with E-state index in [0.717, 1.165) is 21.5 Å². The molecule has 2 N–H and O–H groups in total. The number of hydrogen-bond donors (Lipinski definition) is 2. The van der Waals surface area contributed by atoms with Crippen LogP contribution >= 0.6 is 16.5 Å². The van der Waals surface area contributed by atoms with E-state index < -0.39 is 16.5 Å². The molecule has 0 fully saturated rings. The van der Waals surface area contributed by atoms with E-state index in [1.165, 1.54) is 26.4 Å². The standard InChI is InChI=1S/C38H28O10P2/c1-41-23-19-29(37(31(39)21-23)47-49-43-33-15-7-3-11-25(33)26-12-4-8-16-34(26)44-49)30-20-24(42-2)22-32(40)38(30)48-50-45-35-17-9-5-13-27(35)28-14-6-10-18-36(28)46-50/h3-22,39-40H,1-2H3. The van der Waals surface area contributed by atoms with E-state index in [2.05, 4.69) is 0 Å². The number of phenols is 2. The molecule has 0 saturated carbocycles. The Balaban J connectivity index is 1.34. The lowest BCUT2D eigenvalue weighted by atomic mass is 10.0. The molecule has 0 atom stereocenters. The van der Waals surface area contributed by atoms with Gasteiger partial charge >= 0.3 is 16.5 Å². The van der Waals surface area contributed by atoms with Crippen LogP contribution < -0.4 is 18.5 Å². The number of hydrogen-bond acceptors (Lipinski definition) is 10. The molecule has 0 spiro atoms. The number of benzene rings is 6. The van der Waals surface area contributed by atoms with Crippen LogP contribution in [0.15, 0.2) is 138 Å². The van der Waals surface area contributed by atoms with E-state index in [1.54, 1.807) is 12.1 Å². The summed E-state index contributed by atoms with van der Waals surface area (Å²) in [4.78, 5) is 0. The summed E-state index contributed by atoms with van der Waals surface area (Å²) in [6, 6.07) is 36.2. The first-order valence-corrected chi connectivity index (χ1v) is 17.6. The highest BCUT2D eigenvalue weighted by molar-refractivity contribution is 7.32. The van der Waals surface area contributed by atoms with Crippen molar-refractivity contribution in [3.63, 3.8) is 0 Å². The van der Waals surface area contributed by atoms with Gasteiger partial charge in [-0.3, -0.25) is 0 Å². The van der Waals surface area contributed by atoms with Gasteiger partial charge in [-0.2, -0.15) is 0 Å². The second-order valence-corrected chi connectivity index (χ2v) is 13.0. The van der Waals surface area contributed by atoms with Crippen molar-refractivity contribution in [3.8, 4) is 45.6 Å². The van der Waals surface area contributed by atoms with Crippen molar-refractivity contribution in [3.05, 3.63) is 121 Å². The van der Waals surface area contributed by atoms with E-state index in [0.29, 0.717) is 33.8 Å². The zero-order chi connectivity index (χ0) is 34.2. The fourth-order valence-corrected chi connectivity index (χ4v) is 7.85. The van der Waals surface area contributed by atoms with Gasteiger partial charge in [0.25, 0.3) is 0 Å². The molecule has 8 rings (SSSR count). The second kappa shape index (κ2) is 13.1. The Bertz CT molecular complexity index is 2330. The van der Waals surface area contributed by atoms with Gasteiger partial charge in [0.15, 0.2) is 23.0 Å². The van der Waals surface area contributed by atoms with Crippen LogP contribution in [0.2, 0.25) is 0 Å². The van der Waals surface area contributed by atoms with Crippen LogP contribution in [0, 0.1) is 0 Å². The minimum absolute atomic E-state index is 0.0163. The van der Waals surface area contributed by atoms with Gasteiger partial charge in [0.2, 0.25) is 0 Å². The zero-order valence-corrected chi connectivity index (χ0v) is 28.4. The molecule has 6 aromatic carbocycles. The highest BCUT2D eigenvalue weighted by Crippen LogP contribution is 2.53. The Morgan fingerprint density at radius 1 is 0.440 bits per heavy atom. The van der Waals surface area contributed by atoms with Crippen LogP contribution in [0.25, 0.3) is 55.0 Å². The SMILES string of the molecule is COc1cc(O)c(Op2oc3ccccc3c3ccccc3o2)c(-c2cc(OC)cc(O)c2Op2oc3ccccc3c3ccccc3o2)c1. The van der Waals surface area contributed by atoms with E-state index in [1.807, 2.05) is 97.1 Å². The first-order chi connectivity index (χ1) is 24.5. The Labute approximate surface area is 286 Å². The highest BCUT2D eigenvalue weighted by Gasteiger charge is 2.25. The molecular formula is C38H28O10P2. The largest absolute Gasteiger partial charge is 0.504 e. The van der Waals surface area contributed by atoms with E-state index in [-0.39, 0.29) is 34.1 Å². The lowest BCUT2D eigenvalue weighted by Gasteiger charge is -2.17. The average molecular weight is 707 g/mol. The summed E-state index contributed by atoms with van der Waals surface area (Å²) in [5.41, 5.74) is 2.74. The molecule has 0 unspecified atom stereocenters. The molecular weight excluding hydrogens is 678 g/mol. The van der Waals surface area contributed by atoms with Gasteiger partial charge in [-0.25, -0.2) is 0 Å². The molecule has 0 amide bonds. The molecule has 0 saturated heterocycles. The van der Waals surface area contributed by atoms with E-state index in [9.17, 15) is 10.2 Å². The first-order valence-electron chi connectivity index (χ1n) is 15.4. The summed E-state index contributed by atoms with van der Waals surface area (Å²) < 4.78 is 49.0. The van der Waals surface area contributed by atoms with Crippen LogP contribution in [0.4, 0.5) is 0 Å². The van der Waals surface area contributed by atoms with Gasteiger partial charge < -0.3 is 45.5 Å². The maximum atomic E-state index is 11.4. The number of aromatic hydroxyl groups is 2. The van der Waals surface area contributed by atoms with Gasteiger partial charge in [0.05, 0.1) is 14.2 Å². The van der Waals surface area contributed by atoms with Crippen LogP contribution in [-0.4, -0.2) is 24.4 Å². The van der Waals surface area contributed by atoms with Crippen molar-refractivity contribution < 1.29 is 45.5 Å². The van der Waals surface area contributed by atoms with Crippen LogP contribution in [-0.2, 0) is 0 Å². The molecule has 10 nitrogen and oxygen atoms in total. The van der Waals surface area contributed by atoms with Crippen LogP contribution in [0.5, 0.6) is 34.5 Å². The molecule has 0 aliphatic heterocycles. The summed E-state index contributed by atoms with van der Waals surface area (Å²) in [5, 5.41) is 26.2. The lowest BCUT2D eigenvalue weighted by Crippen LogP contribution is -1.94. The normalized spacial score (nSPS) is 11.2. The van der Waals surface area contributed by atoms with Crippen LogP contribution in [0.1, 0.15) is 0 Å². The fourth-order valence-electron chi connectivity index (χ4n) is 5.66. The number of phenolic OH excluding ortho intramolecular Hbond substituents is 2. The predicted molar refractivity (Wildman–Crippen MR) is 193 cm³/mol. The number of ether oxygens (including phenoxy) is 2. The summed E-state index contributed by atoms with van der Waals surface area (Å²) in [5.74, 6) is 0.0295. The number of fused-ring (bicyclic) bond motifs is 6. The van der Waals surface area contributed by atoms with Gasteiger partial charge in [0.1, 0.15) is 33.8 Å². The van der Waals surface area contributed by atoms with Crippen molar-refractivity contribution in [2.75, 3.05) is 14.2 Å². The van der Waals surface area contributed by atoms with Gasteiger partial charge in [0, 0.05) is 44.8 Å². The number of rotatable bonds is 7. The summed E-state index contributed by atoms with van der Waals surface area (Å²) in [7, 11) is -1.40. The van der Waals surface area contributed by atoms with Crippen molar-refractivity contribution in [1.82, 2.24) is 0 Å². The van der Waals surface area contributed by atoms with Crippen molar-refractivity contribution >= 4 is 60.4 Å². The number of para-hydroxylation sites is 4. The second-order valence-electron chi connectivity index (χ2n) is 11.0. The molecule has 50 heavy (non-hydrogen) atoms. The zero-order valence-electron chi connectivity index (χ0n) is 26.6. The highest BCUT2D eigenvalue weighted by atomic mass is 31.1.